The second-order valence-electron chi connectivity index (χ2n) is 4.30. The number of hydrogen-bond acceptors (Lipinski definition) is 5. The number of carbonyl (C=O) groups is 1. The van der Waals surface area contributed by atoms with Crippen LogP contribution in [0, 0.1) is 0 Å². The van der Waals surface area contributed by atoms with Crippen molar-refractivity contribution >= 4 is 29.0 Å². The number of benzene rings is 1. The molecule has 0 heterocycles. The van der Waals surface area contributed by atoms with Crippen LogP contribution in [0.2, 0.25) is 0 Å². The van der Waals surface area contributed by atoms with E-state index in [2.05, 4.69) is 4.99 Å². The lowest BCUT2D eigenvalue weighted by Gasteiger charge is -2.09. The lowest BCUT2D eigenvalue weighted by Crippen LogP contribution is -2.17. The third-order valence-electron chi connectivity index (χ3n) is 2.70. The van der Waals surface area contributed by atoms with Crippen LogP contribution in [0.5, 0.6) is 5.75 Å². The number of ether oxygens (including phenoxy) is 2. The van der Waals surface area contributed by atoms with Crippen LogP contribution < -0.4 is 4.74 Å². The third-order valence-corrected chi connectivity index (χ3v) is 2.95. The summed E-state index contributed by atoms with van der Waals surface area (Å²) in [5, 5.41) is 9.82. The molecule has 0 aromatic heterocycles. The number of allylic oxidation sites excluding steroid dienone is 1. The minimum Gasteiger partial charge on any atom is -0.510 e. The van der Waals surface area contributed by atoms with Gasteiger partial charge in [0.15, 0.2) is 0 Å². The van der Waals surface area contributed by atoms with Crippen LogP contribution in [0.15, 0.2) is 40.6 Å². The molecule has 1 N–H and O–H groups in total. The van der Waals surface area contributed by atoms with Crippen LogP contribution in [-0.4, -0.2) is 35.9 Å². The largest absolute Gasteiger partial charge is 0.510 e. The van der Waals surface area contributed by atoms with Gasteiger partial charge in [0.05, 0.1) is 30.5 Å². The maximum Gasteiger partial charge on any atom is 0.343 e. The molecule has 0 amide bonds. The Bertz CT molecular complexity index is 564. The lowest BCUT2D eigenvalue weighted by atomic mass is 10.1. The van der Waals surface area contributed by atoms with E-state index in [9.17, 15) is 9.90 Å². The second kappa shape index (κ2) is 9.10. The Labute approximate surface area is 135 Å². The van der Waals surface area contributed by atoms with Crippen molar-refractivity contribution in [1.82, 2.24) is 0 Å². The summed E-state index contributed by atoms with van der Waals surface area (Å²) in [5.41, 5.74) is 0.955. The number of carbonyl (C=O) groups excluding carboxylic acids is 1. The summed E-state index contributed by atoms with van der Waals surface area (Å²) < 4.78 is 10.3. The number of aliphatic hydroxyl groups excluding tert-OH is 1. The Balaban J connectivity index is 3.07. The van der Waals surface area contributed by atoms with E-state index in [1.165, 1.54) is 0 Å². The van der Waals surface area contributed by atoms with Gasteiger partial charge in [0, 0.05) is 0 Å². The van der Waals surface area contributed by atoms with Gasteiger partial charge in [-0.05, 0) is 45.0 Å². The number of esters is 1. The Morgan fingerprint density at radius 3 is 2.36 bits per heavy atom. The van der Waals surface area contributed by atoms with Gasteiger partial charge in [-0.1, -0.05) is 0 Å². The molecule has 0 bridgehead atoms. The molecule has 0 spiro atoms. The fourth-order valence-corrected chi connectivity index (χ4v) is 1.91. The minimum absolute atomic E-state index is 0.00858. The summed E-state index contributed by atoms with van der Waals surface area (Å²) in [6.07, 6.45) is 0. The van der Waals surface area contributed by atoms with Crippen molar-refractivity contribution < 1.29 is 19.4 Å². The van der Waals surface area contributed by atoms with Gasteiger partial charge in [-0.25, -0.2) is 4.79 Å². The van der Waals surface area contributed by atoms with Gasteiger partial charge in [-0.2, -0.15) is 0 Å². The first kappa shape index (κ1) is 18.0. The van der Waals surface area contributed by atoms with Crippen molar-refractivity contribution in [3.63, 3.8) is 0 Å². The quantitative estimate of drug-likeness (QED) is 0.272. The average molecular weight is 326 g/mol. The minimum atomic E-state index is -0.646. The molecule has 1 rings (SSSR count). The van der Waals surface area contributed by atoms with Gasteiger partial charge in [0.1, 0.15) is 17.1 Å². The first-order valence-corrected chi connectivity index (χ1v) is 7.50. The highest BCUT2D eigenvalue weighted by atomic mass is 35.5. The number of alkyl halides is 1. The van der Waals surface area contributed by atoms with Crippen LogP contribution >= 0.6 is 11.6 Å². The molecule has 0 aliphatic carbocycles. The molecule has 0 radical (unpaired) electrons. The fourth-order valence-electron chi connectivity index (χ4n) is 1.78. The van der Waals surface area contributed by atoms with Crippen molar-refractivity contribution in [3.05, 3.63) is 35.6 Å². The Hall–Kier alpha value is -2.01. The Kier molecular flexibility index (Phi) is 7.46. The monoisotopic (exact) mass is 325 g/mol. The van der Waals surface area contributed by atoms with Gasteiger partial charge >= 0.3 is 5.97 Å². The first-order valence-electron chi connectivity index (χ1n) is 6.97. The van der Waals surface area contributed by atoms with E-state index in [-0.39, 0.29) is 23.8 Å². The van der Waals surface area contributed by atoms with Gasteiger partial charge < -0.3 is 14.6 Å². The highest BCUT2D eigenvalue weighted by Crippen LogP contribution is 2.20. The normalized spacial score (nSPS) is 12.6. The lowest BCUT2D eigenvalue weighted by molar-refractivity contribution is -0.138. The SMILES string of the molecule is CCOC(=O)C(C(C)=Nc1ccc(OCC)cc1)=C(O)CCl. The van der Waals surface area contributed by atoms with Crippen LogP contribution in [-0.2, 0) is 9.53 Å². The van der Waals surface area contributed by atoms with Gasteiger partial charge in [-0.3, -0.25) is 4.99 Å². The zero-order valence-corrected chi connectivity index (χ0v) is 13.7. The van der Waals surface area contributed by atoms with Crippen molar-refractivity contribution in [2.24, 2.45) is 4.99 Å². The highest BCUT2D eigenvalue weighted by Gasteiger charge is 2.19. The van der Waals surface area contributed by atoms with E-state index in [4.69, 9.17) is 21.1 Å². The molecule has 1 aromatic carbocycles. The molecular formula is C16H20ClNO4. The van der Waals surface area contributed by atoms with Crippen LogP contribution in [0.25, 0.3) is 0 Å². The summed E-state index contributed by atoms with van der Waals surface area (Å²) in [6, 6.07) is 7.08. The summed E-state index contributed by atoms with van der Waals surface area (Å²) >= 11 is 5.61. The van der Waals surface area contributed by atoms with Crippen LogP contribution in [0.3, 0.4) is 0 Å². The predicted molar refractivity (Wildman–Crippen MR) is 87.4 cm³/mol. The van der Waals surface area contributed by atoms with E-state index in [0.29, 0.717) is 18.0 Å². The van der Waals surface area contributed by atoms with E-state index >= 15 is 0 Å². The maximum atomic E-state index is 11.9. The second-order valence-corrected chi connectivity index (χ2v) is 4.57. The topological polar surface area (TPSA) is 68.1 Å². The number of halogens is 1. The number of hydrogen-bond donors (Lipinski definition) is 1. The van der Waals surface area contributed by atoms with Gasteiger partial charge in [0.25, 0.3) is 0 Å². The number of aliphatic imine (C=N–C) groups is 1. The summed E-state index contributed by atoms with van der Waals surface area (Å²) in [5.74, 6) is -0.353. The molecule has 22 heavy (non-hydrogen) atoms. The molecule has 5 nitrogen and oxygen atoms in total. The number of aliphatic hydroxyl groups is 1. The maximum absolute atomic E-state index is 11.9. The molecular weight excluding hydrogens is 306 g/mol. The van der Waals surface area contributed by atoms with E-state index < -0.39 is 5.97 Å². The van der Waals surface area contributed by atoms with Gasteiger partial charge in [-0.15, -0.1) is 11.6 Å². The van der Waals surface area contributed by atoms with Crippen molar-refractivity contribution in [1.29, 1.82) is 0 Å². The molecule has 0 aliphatic heterocycles. The Morgan fingerprint density at radius 2 is 1.86 bits per heavy atom. The zero-order valence-electron chi connectivity index (χ0n) is 12.9. The molecule has 0 unspecified atom stereocenters. The molecule has 0 atom stereocenters. The highest BCUT2D eigenvalue weighted by molar-refractivity contribution is 6.23. The molecule has 1 aromatic rings. The number of nitrogens with zero attached hydrogens (tertiary/aromatic N) is 1. The van der Waals surface area contributed by atoms with E-state index in [1.54, 1.807) is 38.1 Å². The Morgan fingerprint density at radius 1 is 1.23 bits per heavy atom. The molecule has 0 aliphatic rings. The fraction of sp³-hybridized carbons (Fsp3) is 0.375. The predicted octanol–water partition coefficient (Wildman–Crippen LogP) is 3.79. The summed E-state index contributed by atoms with van der Waals surface area (Å²) in [4.78, 5) is 16.2. The van der Waals surface area contributed by atoms with Crippen molar-refractivity contribution in [2.45, 2.75) is 20.8 Å². The summed E-state index contributed by atoms with van der Waals surface area (Å²) in [6.45, 7) is 5.99. The molecule has 6 heteroatoms. The van der Waals surface area contributed by atoms with Crippen LogP contribution in [0.4, 0.5) is 5.69 Å². The zero-order chi connectivity index (χ0) is 16.5. The van der Waals surface area contributed by atoms with E-state index in [0.717, 1.165) is 5.75 Å². The standard InChI is InChI=1S/C16H20ClNO4/c1-4-21-13-8-6-12(7-9-13)18-11(3)15(14(19)10-17)16(20)22-5-2/h6-9,19H,4-5,10H2,1-3H3. The molecule has 0 saturated heterocycles. The molecule has 0 fully saturated rings. The number of rotatable bonds is 7. The van der Waals surface area contributed by atoms with Gasteiger partial charge in [0.2, 0.25) is 0 Å². The summed E-state index contributed by atoms with van der Waals surface area (Å²) in [7, 11) is 0. The first-order chi connectivity index (χ1) is 10.5. The molecule has 120 valence electrons. The smallest absolute Gasteiger partial charge is 0.343 e. The van der Waals surface area contributed by atoms with Crippen LogP contribution in [0.1, 0.15) is 20.8 Å². The molecule has 0 saturated carbocycles. The van der Waals surface area contributed by atoms with E-state index in [1.807, 2.05) is 6.92 Å². The average Bonchev–Trinajstić information content (AvgIpc) is 2.49. The van der Waals surface area contributed by atoms with Crippen molar-refractivity contribution in [3.8, 4) is 5.75 Å². The van der Waals surface area contributed by atoms with Crippen molar-refractivity contribution in [2.75, 3.05) is 19.1 Å². The third kappa shape index (κ3) is 5.07.